The summed E-state index contributed by atoms with van der Waals surface area (Å²) in [5, 5.41) is 4.35. The largest absolute Gasteiger partial charge is 0.382 e. The van der Waals surface area contributed by atoms with E-state index in [1.54, 1.807) is 17.0 Å². The Balaban J connectivity index is 1.79. The van der Waals surface area contributed by atoms with Crippen LogP contribution in [0.2, 0.25) is 0 Å². The fourth-order valence-corrected chi connectivity index (χ4v) is 3.14. The first kappa shape index (κ1) is 14.8. The number of benzene rings is 1. The normalized spacial score (nSPS) is 20.9. The zero-order valence-electron chi connectivity index (χ0n) is 12.5. The smallest absolute Gasteiger partial charge is 0.156 e. The standard InChI is InChI=1S/C16H14F3N5/c17-9-1-2-12(19)11(5-9)13-6-10(18)8-23(13)16-4-3-15-21-7-14(20)24(15)22-16/h1-5,7,10,13H,6,8,20H2/t10-,13+/m0/s1. The summed E-state index contributed by atoms with van der Waals surface area (Å²) in [4.78, 5) is 5.70. The van der Waals surface area contributed by atoms with E-state index in [2.05, 4.69) is 10.1 Å². The van der Waals surface area contributed by atoms with Gasteiger partial charge >= 0.3 is 0 Å². The lowest BCUT2D eigenvalue weighted by atomic mass is 10.0. The minimum Gasteiger partial charge on any atom is -0.382 e. The van der Waals surface area contributed by atoms with Crippen molar-refractivity contribution >= 4 is 17.3 Å². The van der Waals surface area contributed by atoms with Crippen molar-refractivity contribution in [3.8, 4) is 0 Å². The van der Waals surface area contributed by atoms with Gasteiger partial charge in [0.15, 0.2) is 5.65 Å². The molecule has 1 aromatic carbocycles. The van der Waals surface area contributed by atoms with Gasteiger partial charge in [0, 0.05) is 12.0 Å². The molecule has 1 fully saturated rings. The first-order valence-corrected chi connectivity index (χ1v) is 7.49. The van der Waals surface area contributed by atoms with E-state index in [4.69, 9.17) is 5.73 Å². The van der Waals surface area contributed by atoms with Crippen LogP contribution in [0.4, 0.5) is 24.8 Å². The predicted molar refractivity (Wildman–Crippen MR) is 83.4 cm³/mol. The molecule has 3 aromatic rings. The van der Waals surface area contributed by atoms with Crippen molar-refractivity contribution in [2.75, 3.05) is 17.2 Å². The van der Waals surface area contributed by atoms with Gasteiger partial charge in [0.05, 0.1) is 18.8 Å². The molecule has 0 radical (unpaired) electrons. The van der Waals surface area contributed by atoms with Crippen molar-refractivity contribution in [3.05, 3.63) is 53.7 Å². The maximum atomic E-state index is 14.1. The lowest BCUT2D eigenvalue weighted by Gasteiger charge is -2.26. The van der Waals surface area contributed by atoms with Crippen molar-refractivity contribution in [2.24, 2.45) is 0 Å². The maximum absolute atomic E-state index is 14.1. The van der Waals surface area contributed by atoms with Gasteiger partial charge in [-0.05, 0) is 30.3 Å². The molecule has 0 amide bonds. The third-order valence-electron chi connectivity index (χ3n) is 4.24. The summed E-state index contributed by atoms with van der Waals surface area (Å²) >= 11 is 0. The Kier molecular flexibility index (Phi) is 3.33. The second kappa shape index (κ2) is 5.40. The Labute approximate surface area is 135 Å². The SMILES string of the molecule is Nc1cnc2ccc(N3C[C@@H](F)C[C@@H]3c3cc(F)ccc3F)nn12. The van der Waals surface area contributed by atoms with Crippen LogP contribution in [0.3, 0.4) is 0 Å². The molecular formula is C16H14F3N5. The number of nitrogens with two attached hydrogens (primary N) is 1. The molecule has 1 aliphatic heterocycles. The number of rotatable bonds is 2. The lowest BCUT2D eigenvalue weighted by Crippen LogP contribution is -2.26. The highest BCUT2D eigenvalue weighted by atomic mass is 19.1. The summed E-state index contributed by atoms with van der Waals surface area (Å²) in [5.74, 6) is -0.350. The van der Waals surface area contributed by atoms with Gasteiger partial charge < -0.3 is 10.6 Å². The summed E-state index contributed by atoms with van der Waals surface area (Å²) in [5.41, 5.74) is 6.47. The number of halogens is 3. The number of fused-ring (bicyclic) bond motifs is 1. The van der Waals surface area contributed by atoms with Crippen LogP contribution in [0.25, 0.3) is 5.65 Å². The van der Waals surface area contributed by atoms with Crippen molar-refractivity contribution in [3.63, 3.8) is 0 Å². The predicted octanol–water partition coefficient (Wildman–Crippen LogP) is 2.88. The lowest BCUT2D eigenvalue weighted by molar-refractivity contribution is 0.355. The third-order valence-corrected chi connectivity index (χ3v) is 4.24. The topological polar surface area (TPSA) is 59.5 Å². The monoisotopic (exact) mass is 333 g/mol. The van der Waals surface area contributed by atoms with Gasteiger partial charge in [-0.25, -0.2) is 18.2 Å². The first-order valence-electron chi connectivity index (χ1n) is 7.49. The number of nitrogens with zero attached hydrogens (tertiary/aromatic N) is 4. The number of hydrogen-bond acceptors (Lipinski definition) is 4. The molecule has 2 atom stereocenters. The van der Waals surface area contributed by atoms with E-state index in [9.17, 15) is 13.2 Å². The second-order valence-corrected chi connectivity index (χ2v) is 5.81. The number of nitrogen functional groups attached to an aromatic ring is 1. The fraction of sp³-hybridized carbons (Fsp3) is 0.250. The molecular weight excluding hydrogens is 319 g/mol. The Bertz CT molecular complexity index is 910. The third kappa shape index (κ3) is 2.34. The average Bonchev–Trinajstić information content (AvgIpc) is 3.13. The molecule has 8 heteroatoms. The minimum atomic E-state index is -1.16. The van der Waals surface area contributed by atoms with Crippen LogP contribution in [0.1, 0.15) is 18.0 Å². The van der Waals surface area contributed by atoms with Crippen molar-refractivity contribution in [1.82, 2.24) is 14.6 Å². The van der Waals surface area contributed by atoms with Gasteiger partial charge in [-0.2, -0.15) is 4.52 Å². The summed E-state index contributed by atoms with van der Waals surface area (Å²) in [7, 11) is 0. The molecule has 0 unspecified atom stereocenters. The molecule has 124 valence electrons. The Morgan fingerprint density at radius 2 is 2.00 bits per heavy atom. The van der Waals surface area contributed by atoms with Crippen LogP contribution in [-0.2, 0) is 0 Å². The summed E-state index contributed by atoms with van der Waals surface area (Å²) in [6, 6.07) is 5.94. The molecule has 0 aliphatic carbocycles. The second-order valence-electron chi connectivity index (χ2n) is 5.81. The first-order chi connectivity index (χ1) is 11.5. The average molecular weight is 333 g/mol. The molecule has 2 N–H and O–H groups in total. The van der Waals surface area contributed by atoms with Gasteiger partial charge in [-0.15, -0.1) is 5.10 Å². The maximum Gasteiger partial charge on any atom is 0.156 e. The number of imidazole rings is 1. The molecule has 24 heavy (non-hydrogen) atoms. The summed E-state index contributed by atoms with van der Waals surface area (Å²) in [6.45, 7) is 0.0493. The van der Waals surface area contributed by atoms with Crippen LogP contribution in [0.5, 0.6) is 0 Å². The van der Waals surface area contributed by atoms with Crippen LogP contribution in [-0.4, -0.2) is 27.3 Å². The molecule has 2 aromatic heterocycles. The number of hydrogen-bond donors (Lipinski definition) is 1. The van der Waals surface area contributed by atoms with Crippen LogP contribution >= 0.6 is 0 Å². The van der Waals surface area contributed by atoms with E-state index >= 15 is 0 Å². The van der Waals surface area contributed by atoms with Crippen LogP contribution in [0.15, 0.2) is 36.5 Å². The molecule has 0 spiro atoms. The molecule has 4 rings (SSSR count). The van der Waals surface area contributed by atoms with E-state index in [0.717, 1.165) is 18.2 Å². The molecule has 1 saturated heterocycles. The number of alkyl halides is 1. The Morgan fingerprint density at radius 3 is 2.83 bits per heavy atom. The highest BCUT2D eigenvalue weighted by Gasteiger charge is 2.36. The summed E-state index contributed by atoms with van der Waals surface area (Å²) < 4.78 is 43.1. The minimum absolute atomic E-state index is 0.0493. The zero-order chi connectivity index (χ0) is 16.8. The highest BCUT2D eigenvalue weighted by Crippen LogP contribution is 2.38. The number of aromatic nitrogens is 3. The molecule has 0 bridgehead atoms. The van der Waals surface area contributed by atoms with Crippen LogP contribution < -0.4 is 10.6 Å². The quantitative estimate of drug-likeness (QED) is 0.783. The van der Waals surface area contributed by atoms with Gasteiger partial charge in [0.2, 0.25) is 0 Å². The van der Waals surface area contributed by atoms with Crippen molar-refractivity contribution < 1.29 is 13.2 Å². The van der Waals surface area contributed by atoms with E-state index in [1.807, 2.05) is 0 Å². The van der Waals surface area contributed by atoms with Crippen molar-refractivity contribution in [1.29, 1.82) is 0 Å². The van der Waals surface area contributed by atoms with Gasteiger partial charge in [0.1, 0.15) is 29.4 Å². The van der Waals surface area contributed by atoms with Gasteiger partial charge in [0.25, 0.3) is 0 Å². The highest BCUT2D eigenvalue weighted by molar-refractivity contribution is 5.52. The summed E-state index contributed by atoms with van der Waals surface area (Å²) in [6.07, 6.45) is 0.382. The molecule has 0 saturated carbocycles. The molecule has 1 aliphatic rings. The Morgan fingerprint density at radius 1 is 1.17 bits per heavy atom. The molecule has 5 nitrogen and oxygen atoms in total. The number of anilines is 2. The van der Waals surface area contributed by atoms with E-state index < -0.39 is 23.8 Å². The van der Waals surface area contributed by atoms with E-state index in [0.29, 0.717) is 17.3 Å². The van der Waals surface area contributed by atoms with Crippen molar-refractivity contribution in [2.45, 2.75) is 18.6 Å². The van der Waals surface area contributed by atoms with Crippen LogP contribution in [0, 0.1) is 11.6 Å². The van der Waals surface area contributed by atoms with E-state index in [-0.39, 0.29) is 18.5 Å². The molecule has 3 heterocycles. The fourth-order valence-electron chi connectivity index (χ4n) is 3.14. The van der Waals surface area contributed by atoms with Gasteiger partial charge in [-0.1, -0.05) is 0 Å². The Hall–Kier alpha value is -2.77. The van der Waals surface area contributed by atoms with E-state index in [1.165, 1.54) is 10.7 Å². The zero-order valence-corrected chi connectivity index (χ0v) is 12.5. The van der Waals surface area contributed by atoms with Gasteiger partial charge in [-0.3, -0.25) is 0 Å².